The van der Waals surface area contributed by atoms with Crippen LogP contribution in [-0.2, 0) is 4.79 Å². The Balaban J connectivity index is 2.05. The van der Waals surface area contributed by atoms with Gasteiger partial charge in [0.15, 0.2) is 11.6 Å². The molecule has 96 valence electrons. The zero-order valence-corrected chi connectivity index (χ0v) is 9.69. The molecule has 0 heterocycles. The normalized spacial score (nSPS) is 16.6. The fourth-order valence-corrected chi connectivity index (χ4v) is 1.94. The zero-order valence-electron chi connectivity index (χ0n) is 9.69. The van der Waals surface area contributed by atoms with Gasteiger partial charge in [-0.3, -0.25) is 4.79 Å². The van der Waals surface area contributed by atoms with Crippen LogP contribution in [0.1, 0.15) is 36.0 Å². The average Bonchev–Trinajstić information content (AvgIpc) is 2.34. The number of halogens is 1. The number of benzene rings is 1. The molecule has 0 aliphatic heterocycles. The number of hydrogen-bond donors (Lipinski definition) is 1. The molecule has 0 spiro atoms. The molecular formula is C13H13FO4. The van der Waals surface area contributed by atoms with Crippen molar-refractivity contribution >= 4 is 11.8 Å². The Labute approximate surface area is 103 Å². The molecule has 0 bridgehead atoms. The Morgan fingerprint density at radius 3 is 2.56 bits per heavy atom. The summed E-state index contributed by atoms with van der Waals surface area (Å²) in [5, 5.41) is 8.71. The fourth-order valence-electron chi connectivity index (χ4n) is 1.94. The second-order valence-corrected chi connectivity index (χ2v) is 4.31. The molecule has 1 aromatic rings. The average molecular weight is 252 g/mol. The number of rotatable bonds is 3. The number of carbonyl (C=O) groups is 2. The Morgan fingerprint density at radius 1 is 1.33 bits per heavy atom. The van der Waals surface area contributed by atoms with Crippen LogP contribution in [0.5, 0.6) is 5.75 Å². The van der Waals surface area contributed by atoms with Crippen LogP contribution in [-0.4, -0.2) is 23.0 Å². The van der Waals surface area contributed by atoms with Crippen molar-refractivity contribution in [2.45, 2.75) is 31.8 Å². The number of Topliss-reactive ketones (excluding diaryl/α,β-unsaturated/α-hetero) is 1. The molecule has 0 amide bonds. The molecule has 0 aromatic heterocycles. The number of ketones is 1. The van der Waals surface area contributed by atoms with Crippen molar-refractivity contribution in [1.29, 1.82) is 0 Å². The minimum Gasteiger partial charge on any atom is -0.487 e. The Kier molecular flexibility index (Phi) is 3.60. The molecule has 0 atom stereocenters. The van der Waals surface area contributed by atoms with Gasteiger partial charge in [-0.25, -0.2) is 9.18 Å². The molecular weight excluding hydrogens is 239 g/mol. The van der Waals surface area contributed by atoms with Crippen molar-refractivity contribution in [3.05, 3.63) is 29.6 Å². The van der Waals surface area contributed by atoms with Crippen molar-refractivity contribution in [3.63, 3.8) is 0 Å². The van der Waals surface area contributed by atoms with Gasteiger partial charge in [0.05, 0.1) is 11.7 Å². The molecule has 2 rings (SSSR count). The number of carboxylic acids is 1. The second-order valence-electron chi connectivity index (χ2n) is 4.31. The van der Waals surface area contributed by atoms with Gasteiger partial charge in [0.25, 0.3) is 0 Å². The fraction of sp³-hybridized carbons (Fsp3) is 0.385. The van der Waals surface area contributed by atoms with Gasteiger partial charge in [-0.15, -0.1) is 0 Å². The number of ether oxygens (including phenoxy) is 1. The van der Waals surface area contributed by atoms with Gasteiger partial charge in [-0.2, -0.15) is 0 Å². The van der Waals surface area contributed by atoms with Gasteiger partial charge in [-0.1, -0.05) is 0 Å². The van der Waals surface area contributed by atoms with E-state index in [0.717, 1.165) is 6.07 Å². The molecule has 0 unspecified atom stereocenters. The summed E-state index contributed by atoms with van der Waals surface area (Å²) in [6.07, 6.45) is 1.91. The molecule has 0 saturated heterocycles. The van der Waals surface area contributed by atoms with Gasteiger partial charge < -0.3 is 9.84 Å². The molecule has 5 heteroatoms. The summed E-state index contributed by atoms with van der Waals surface area (Å²) in [7, 11) is 0. The lowest BCUT2D eigenvalue weighted by molar-refractivity contribution is -0.121. The standard InChI is InChI=1S/C13H13FO4/c14-11-7-8(13(16)17)1-6-12(11)18-10-4-2-9(15)3-5-10/h1,6-7,10H,2-5H2,(H,16,17). The van der Waals surface area contributed by atoms with Crippen LogP contribution < -0.4 is 4.74 Å². The molecule has 1 N–H and O–H groups in total. The first-order chi connectivity index (χ1) is 8.56. The predicted octanol–water partition coefficient (Wildman–Crippen LogP) is 2.41. The summed E-state index contributed by atoms with van der Waals surface area (Å²) in [6.45, 7) is 0. The van der Waals surface area contributed by atoms with E-state index >= 15 is 0 Å². The third-order valence-electron chi connectivity index (χ3n) is 2.96. The molecule has 18 heavy (non-hydrogen) atoms. The smallest absolute Gasteiger partial charge is 0.335 e. The van der Waals surface area contributed by atoms with Crippen LogP contribution in [0.15, 0.2) is 18.2 Å². The second kappa shape index (κ2) is 5.16. The largest absolute Gasteiger partial charge is 0.487 e. The molecule has 1 saturated carbocycles. The van der Waals surface area contributed by atoms with Gasteiger partial charge >= 0.3 is 5.97 Å². The molecule has 1 aliphatic rings. The summed E-state index contributed by atoms with van der Waals surface area (Å²) < 4.78 is 19.0. The molecule has 1 fully saturated rings. The van der Waals surface area contributed by atoms with Crippen molar-refractivity contribution in [3.8, 4) is 5.75 Å². The Bertz CT molecular complexity index is 474. The lowest BCUT2D eigenvalue weighted by Crippen LogP contribution is -2.24. The Hall–Kier alpha value is -1.91. The maximum atomic E-state index is 13.6. The lowest BCUT2D eigenvalue weighted by Gasteiger charge is -2.22. The van der Waals surface area contributed by atoms with Gasteiger partial charge in [-0.05, 0) is 31.0 Å². The van der Waals surface area contributed by atoms with Crippen LogP contribution >= 0.6 is 0 Å². The van der Waals surface area contributed by atoms with E-state index in [4.69, 9.17) is 9.84 Å². The van der Waals surface area contributed by atoms with Gasteiger partial charge in [0, 0.05) is 12.8 Å². The third kappa shape index (κ3) is 2.85. The third-order valence-corrected chi connectivity index (χ3v) is 2.96. The summed E-state index contributed by atoms with van der Waals surface area (Å²) in [5.74, 6) is -1.62. The van der Waals surface area contributed by atoms with E-state index in [9.17, 15) is 14.0 Å². The van der Waals surface area contributed by atoms with E-state index in [1.165, 1.54) is 12.1 Å². The van der Waals surface area contributed by atoms with Crippen LogP contribution in [0.3, 0.4) is 0 Å². The quantitative estimate of drug-likeness (QED) is 0.897. The SMILES string of the molecule is O=C1CCC(Oc2ccc(C(=O)O)cc2F)CC1. The lowest BCUT2D eigenvalue weighted by atomic mass is 9.96. The number of aromatic carboxylic acids is 1. The van der Waals surface area contributed by atoms with Crippen molar-refractivity contribution in [2.24, 2.45) is 0 Å². The van der Waals surface area contributed by atoms with Crippen LogP contribution in [0, 0.1) is 5.82 Å². The van der Waals surface area contributed by atoms with E-state index in [1.807, 2.05) is 0 Å². The highest BCUT2D eigenvalue weighted by molar-refractivity contribution is 5.87. The first kappa shape index (κ1) is 12.5. The van der Waals surface area contributed by atoms with E-state index in [-0.39, 0.29) is 23.2 Å². The first-order valence-electron chi connectivity index (χ1n) is 5.77. The molecule has 1 aliphatic carbocycles. The number of hydrogen-bond acceptors (Lipinski definition) is 3. The highest BCUT2D eigenvalue weighted by atomic mass is 19.1. The molecule has 1 aromatic carbocycles. The topological polar surface area (TPSA) is 63.6 Å². The minimum absolute atomic E-state index is 0.0411. The van der Waals surface area contributed by atoms with E-state index < -0.39 is 11.8 Å². The maximum Gasteiger partial charge on any atom is 0.335 e. The van der Waals surface area contributed by atoms with E-state index in [1.54, 1.807) is 0 Å². The van der Waals surface area contributed by atoms with Crippen LogP contribution in [0.2, 0.25) is 0 Å². The highest BCUT2D eigenvalue weighted by Crippen LogP contribution is 2.24. The number of carboxylic acid groups (broad SMARTS) is 1. The zero-order chi connectivity index (χ0) is 13.1. The van der Waals surface area contributed by atoms with Gasteiger partial charge in [0.2, 0.25) is 0 Å². The summed E-state index contributed by atoms with van der Waals surface area (Å²) >= 11 is 0. The monoisotopic (exact) mass is 252 g/mol. The summed E-state index contributed by atoms with van der Waals surface area (Å²) in [5.41, 5.74) is -0.112. The van der Waals surface area contributed by atoms with E-state index in [0.29, 0.717) is 25.7 Å². The minimum atomic E-state index is -1.18. The van der Waals surface area contributed by atoms with Crippen LogP contribution in [0.4, 0.5) is 4.39 Å². The van der Waals surface area contributed by atoms with E-state index in [2.05, 4.69) is 0 Å². The molecule has 0 radical (unpaired) electrons. The predicted molar refractivity (Wildman–Crippen MR) is 61.3 cm³/mol. The number of carbonyl (C=O) groups excluding carboxylic acids is 1. The summed E-state index contributed by atoms with van der Waals surface area (Å²) in [4.78, 5) is 21.7. The van der Waals surface area contributed by atoms with Crippen molar-refractivity contribution < 1.29 is 23.8 Å². The van der Waals surface area contributed by atoms with Crippen LogP contribution in [0.25, 0.3) is 0 Å². The first-order valence-corrected chi connectivity index (χ1v) is 5.77. The Morgan fingerprint density at radius 2 is 2.00 bits per heavy atom. The molecule has 4 nitrogen and oxygen atoms in total. The highest BCUT2D eigenvalue weighted by Gasteiger charge is 2.21. The summed E-state index contributed by atoms with van der Waals surface area (Å²) in [6, 6.07) is 3.55. The maximum absolute atomic E-state index is 13.6. The van der Waals surface area contributed by atoms with Crippen molar-refractivity contribution in [2.75, 3.05) is 0 Å². The van der Waals surface area contributed by atoms with Gasteiger partial charge in [0.1, 0.15) is 5.78 Å². The van der Waals surface area contributed by atoms with Crippen molar-refractivity contribution in [1.82, 2.24) is 0 Å².